The molecule has 0 saturated heterocycles. The van der Waals surface area contributed by atoms with Gasteiger partial charge >= 0.3 is 0 Å². The fourth-order valence-corrected chi connectivity index (χ4v) is 2.25. The van der Waals surface area contributed by atoms with Crippen LogP contribution in [0.5, 0.6) is 0 Å². The van der Waals surface area contributed by atoms with Gasteiger partial charge in [-0.1, -0.05) is 19.4 Å². The number of hydrogen-bond acceptors (Lipinski definition) is 0. The fourth-order valence-electron chi connectivity index (χ4n) is 1.85. The van der Waals surface area contributed by atoms with Crippen molar-refractivity contribution < 1.29 is 4.39 Å². The first-order chi connectivity index (χ1) is 6.22. The van der Waals surface area contributed by atoms with Crippen LogP contribution in [0.25, 0.3) is 0 Å². The normalized spacial score (nSPS) is 26.1. The molecule has 2 rings (SSSR count). The lowest BCUT2D eigenvalue weighted by Gasteiger charge is -2.00. The Morgan fingerprint density at radius 1 is 1.54 bits per heavy atom. The third kappa shape index (κ3) is 1.78. The van der Waals surface area contributed by atoms with Gasteiger partial charge in [-0.15, -0.1) is 0 Å². The van der Waals surface area contributed by atoms with Gasteiger partial charge in [0.15, 0.2) is 0 Å². The molecule has 1 aliphatic rings. The van der Waals surface area contributed by atoms with Crippen LogP contribution < -0.4 is 0 Å². The fraction of sp³-hybridized carbons (Fsp3) is 0.455. The average molecular weight is 243 g/mol. The smallest absolute Gasteiger partial charge is 0.137 e. The highest BCUT2D eigenvalue weighted by atomic mass is 79.9. The summed E-state index contributed by atoms with van der Waals surface area (Å²) in [6.45, 7) is 2.21. The lowest BCUT2D eigenvalue weighted by atomic mass is 10.1. The van der Waals surface area contributed by atoms with E-state index in [0.29, 0.717) is 10.4 Å². The second-order valence-corrected chi connectivity index (χ2v) is 4.54. The highest BCUT2D eigenvalue weighted by Gasteiger charge is 2.36. The van der Waals surface area contributed by atoms with Crippen molar-refractivity contribution in [2.24, 2.45) is 5.92 Å². The van der Waals surface area contributed by atoms with Crippen LogP contribution in [0.15, 0.2) is 22.7 Å². The third-order valence-electron chi connectivity index (χ3n) is 2.82. The summed E-state index contributed by atoms with van der Waals surface area (Å²) in [5.74, 6) is 1.34. The van der Waals surface area contributed by atoms with Crippen LogP contribution in [-0.2, 0) is 0 Å². The van der Waals surface area contributed by atoms with E-state index in [0.717, 1.165) is 5.92 Å². The van der Waals surface area contributed by atoms with E-state index in [1.807, 2.05) is 12.1 Å². The van der Waals surface area contributed by atoms with E-state index in [2.05, 4.69) is 22.9 Å². The summed E-state index contributed by atoms with van der Waals surface area (Å²) < 4.78 is 13.5. The molecule has 0 N–H and O–H groups in total. The molecular weight excluding hydrogens is 231 g/mol. The number of halogens is 2. The molecule has 0 heterocycles. The Morgan fingerprint density at radius 2 is 2.31 bits per heavy atom. The first kappa shape index (κ1) is 9.20. The van der Waals surface area contributed by atoms with E-state index in [-0.39, 0.29) is 5.82 Å². The highest BCUT2D eigenvalue weighted by molar-refractivity contribution is 9.10. The molecule has 0 spiro atoms. The van der Waals surface area contributed by atoms with Crippen LogP contribution in [0.3, 0.4) is 0 Å². The van der Waals surface area contributed by atoms with Gasteiger partial charge in [-0.2, -0.15) is 0 Å². The van der Waals surface area contributed by atoms with E-state index in [4.69, 9.17) is 0 Å². The van der Waals surface area contributed by atoms with E-state index < -0.39 is 0 Å². The summed E-state index contributed by atoms with van der Waals surface area (Å²) in [4.78, 5) is 0. The Bertz CT molecular complexity index is 322. The van der Waals surface area contributed by atoms with Crippen molar-refractivity contribution in [2.75, 3.05) is 0 Å². The van der Waals surface area contributed by atoms with E-state index in [9.17, 15) is 4.39 Å². The minimum absolute atomic E-state index is 0.169. The maximum absolute atomic E-state index is 12.9. The summed E-state index contributed by atoms with van der Waals surface area (Å²) >= 11 is 3.21. The van der Waals surface area contributed by atoms with Crippen molar-refractivity contribution >= 4 is 15.9 Å². The van der Waals surface area contributed by atoms with Crippen molar-refractivity contribution in [2.45, 2.75) is 25.7 Å². The molecule has 1 aromatic carbocycles. The molecule has 0 amide bonds. The second-order valence-electron chi connectivity index (χ2n) is 3.68. The lowest BCUT2D eigenvalue weighted by Crippen LogP contribution is -1.85. The molecule has 2 heteroatoms. The molecule has 1 aliphatic carbocycles. The molecule has 13 heavy (non-hydrogen) atoms. The summed E-state index contributed by atoms with van der Waals surface area (Å²) in [6, 6.07) is 5.36. The minimum Gasteiger partial charge on any atom is -0.206 e. The topological polar surface area (TPSA) is 0 Å². The molecule has 0 radical (unpaired) electrons. The SMILES string of the molecule is CCC1CC1c1ccc(F)c(Br)c1. The summed E-state index contributed by atoms with van der Waals surface area (Å²) in [5, 5.41) is 0. The Balaban J connectivity index is 2.19. The van der Waals surface area contributed by atoms with Crippen LogP contribution in [0.4, 0.5) is 4.39 Å². The molecule has 2 unspecified atom stereocenters. The van der Waals surface area contributed by atoms with Crippen LogP contribution >= 0.6 is 15.9 Å². The van der Waals surface area contributed by atoms with Gasteiger partial charge in [0, 0.05) is 0 Å². The predicted molar refractivity (Wildman–Crippen MR) is 55.2 cm³/mol. The molecule has 0 aliphatic heterocycles. The zero-order chi connectivity index (χ0) is 9.42. The maximum Gasteiger partial charge on any atom is 0.137 e. The summed E-state index contributed by atoms with van der Waals surface area (Å²) in [6.07, 6.45) is 2.51. The first-order valence-electron chi connectivity index (χ1n) is 4.67. The standard InChI is InChI=1S/C11H12BrF/c1-2-7-5-9(7)8-3-4-11(13)10(12)6-8/h3-4,6-7,9H,2,5H2,1H3. The van der Waals surface area contributed by atoms with Gasteiger partial charge in [0.2, 0.25) is 0 Å². The predicted octanol–water partition coefficient (Wildman–Crippen LogP) is 4.10. The molecule has 70 valence electrons. The molecule has 1 aromatic rings. The first-order valence-corrected chi connectivity index (χ1v) is 5.46. The van der Waals surface area contributed by atoms with Crippen molar-refractivity contribution in [3.05, 3.63) is 34.1 Å². The minimum atomic E-state index is -0.169. The zero-order valence-corrected chi connectivity index (χ0v) is 9.14. The van der Waals surface area contributed by atoms with Crippen molar-refractivity contribution in [1.82, 2.24) is 0 Å². The van der Waals surface area contributed by atoms with Crippen molar-refractivity contribution in [1.29, 1.82) is 0 Å². The van der Waals surface area contributed by atoms with E-state index >= 15 is 0 Å². The molecule has 1 fully saturated rings. The van der Waals surface area contributed by atoms with Gasteiger partial charge in [0.1, 0.15) is 5.82 Å². The number of benzene rings is 1. The van der Waals surface area contributed by atoms with E-state index in [1.54, 1.807) is 6.07 Å². The highest BCUT2D eigenvalue weighted by Crippen LogP contribution is 2.49. The summed E-state index contributed by atoms with van der Waals surface area (Å²) in [5.41, 5.74) is 1.28. The molecular formula is C11H12BrF. The molecule has 0 nitrogen and oxygen atoms in total. The number of hydrogen-bond donors (Lipinski definition) is 0. The summed E-state index contributed by atoms with van der Waals surface area (Å²) in [7, 11) is 0. The Labute approximate surface area is 86.3 Å². The average Bonchev–Trinajstić information content (AvgIpc) is 2.88. The Morgan fingerprint density at radius 3 is 2.85 bits per heavy atom. The van der Waals surface area contributed by atoms with Crippen molar-refractivity contribution in [3.63, 3.8) is 0 Å². The van der Waals surface area contributed by atoms with Crippen molar-refractivity contribution in [3.8, 4) is 0 Å². The van der Waals surface area contributed by atoms with Crippen LogP contribution in [0.1, 0.15) is 31.2 Å². The van der Waals surface area contributed by atoms with Gasteiger partial charge in [0.25, 0.3) is 0 Å². The van der Waals surface area contributed by atoms with Crippen LogP contribution in [-0.4, -0.2) is 0 Å². The van der Waals surface area contributed by atoms with Crippen LogP contribution in [0.2, 0.25) is 0 Å². The largest absolute Gasteiger partial charge is 0.206 e. The second kappa shape index (κ2) is 3.41. The van der Waals surface area contributed by atoms with Gasteiger partial charge < -0.3 is 0 Å². The number of rotatable bonds is 2. The Hall–Kier alpha value is -0.370. The lowest BCUT2D eigenvalue weighted by molar-refractivity contribution is 0.620. The van der Waals surface area contributed by atoms with Gasteiger partial charge in [-0.05, 0) is 51.9 Å². The quantitative estimate of drug-likeness (QED) is 0.733. The van der Waals surface area contributed by atoms with Crippen LogP contribution in [0, 0.1) is 11.7 Å². The monoisotopic (exact) mass is 242 g/mol. The Kier molecular flexibility index (Phi) is 2.41. The van der Waals surface area contributed by atoms with Gasteiger partial charge in [-0.3, -0.25) is 0 Å². The van der Waals surface area contributed by atoms with Gasteiger partial charge in [-0.25, -0.2) is 4.39 Å². The molecule has 0 bridgehead atoms. The maximum atomic E-state index is 12.9. The third-order valence-corrected chi connectivity index (χ3v) is 3.43. The molecule has 1 saturated carbocycles. The van der Waals surface area contributed by atoms with Gasteiger partial charge in [0.05, 0.1) is 4.47 Å². The zero-order valence-electron chi connectivity index (χ0n) is 7.56. The molecule has 2 atom stereocenters. The van der Waals surface area contributed by atoms with E-state index in [1.165, 1.54) is 18.4 Å². The molecule has 0 aromatic heterocycles.